The fraction of sp³-hybridized carbons (Fsp3) is 0.364. The standard InChI is InChI=1S/C11H15NO3Si/c1-16(2,3)15-11-10(13)12-8-6-4-5-7-9(8)14-11/h4-7,11H,1-3H3,(H,12,13). The summed E-state index contributed by atoms with van der Waals surface area (Å²) in [7, 11) is -1.79. The average Bonchev–Trinajstić information content (AvgIpc) is 2.17. The Morgan fingerprint density at radius 1 is 1.31 bits per heavy atom. The number of carbonyl (C=O) groups is 1. The summed E-state index contributed by atoms with van der Waals surface area (Å²) in [6.07, 6.45) is -0.818. The van der Waals surface area contributed by atoms with E-state index in [1.54, 1.807) is 6.07 Å². The van der Waals surface area contributed by atoms with Crippen LogP contribution in [-0.4, -0.2) is 20.5 Å². The van der Waals surface area contributed by atoms with Crippen molar-refractivity contribution in [2.75, 3.05) is 5.32 Å². The van der Waals surface area contributed by atoms with Gasteiger partial charge in [-0.25, -0.2) is 0 Å². The molecule has 1 aliphatic rings. The zero-order chi connectivity index (χ0) is 11.8. The van der Waals surface area contributed by atoms with Gasteiger partial charge in [-0.15, -0.1) is 0 Å². The molecule has 16 heavy (non-hydrogen) atoms. The molecule has 0 radical (unpaired) electrons. The summed E-state index contributed by atoms with van der Waals surface area (Å²) in [5.41, 5.74) is 0.697. The number of hydrogen-bond acceptors (Lipinski definition) is 3. The monoisotopic (exact) mass is 237 g/mol. The average molecular weight is 237 g/mol. The Kier molecular flexibility index (Phi) is 2.73. The molecule has 1 atom stereocenters. The summed E-state index contributed by atoms with van der Waals surface area (Å²) in [4.78, 5) is 11.7. The molecule has 86 valence electrons. The molecule has 1 aromatic rings. The molecule has 1 aromatic carbocycles. The van der Waals surface area contributed by atoms with Crippen LogP contribution in [0.25, 0.3) is 0 Å². The SMILES string of the molecule is C[Si](C)(C)OC1Oc2ccccc2NC1=O. The lowest BCUT2D eigenvalue weighted by atomic mass is 10.2. The van der Waals surface area contributed by atoms with Crippen molar-refractivity contribution >= 4 is 19.9 Å². The van der Waals surface area contributed by atoms with Crippen molar-refractivity contribution in [2.24, 2.45) is 0 Å². The second kappa shape index (κ2) is 3.91. The van der Waals surface area contributed by atoms with E-state index < -0.39 is 14.6 Å². The predicted molar refractivity (Wildman–Crippen MR) is 63.9 cm³/mol. The van der Waals surface area contributed by atoms with E-state index in [4.69, 9.17) is 9.16 Å². The lowest BCUT2D eigenvalue weighted by Gasteiger charge is -2.30. The first-order valence-corrected chi connectivity index (χ1v) is 8.61. The van der Waals surface area contributed by atoms with Crippen LogP contribution in [0.4, 0.5) is 5.69 Å². The zero-order valence-electron chi connectivity index (χ0n) is 9.61. The molecule has 4 nitrogen and oxygen atoms in total. The van der Waals surface area contributed by atoms with Crippen molar-refractivity contribution in [2.45, 2.75) is 25.9 Å². The number of nitrogens with one attached hydrogen (secondary N) is 1. The van der Waals surface area contributed by atoms with Gasteiger partial charge in [0.05, 0.1) is 5.69 Å². The summed E-state index contributed by atoms with van der Waals surface area (Å²) < 4.78 is 11.2. The van der Waals surface area contributed by atoms with Crippen molar-refractivity contribution in [1.29, 1.82) is 0 Å². The molecular weight excluding hydrogens is 222 g/mol. The van der Waals surface area contributed by atoms with Crippen LogP contribution in [0.15, 0.2) is 24.3 Å². The molecule has 1 amide bonds. The molecule has 5 heteroatoms. The first-order valence-electron chi connectivity index (χ1n) is 5.20. The number of rotatable bonds is 2. The van der Waals surface area contributed by atoms with E-state index in [9.17, 15) is 4.79 Å². The number of benzene rings is 1. The van der Waals surface area contributed by atoms with Crippen molar-refractivity contribution in [3.63, 3.8) is 0 Å². The maximum atomic E-state index is 11.7. The molecule has 0 aromatic heterocycles. The Hall–Kier alpha value is -1.33. The number of amides is 1. The van der Waals surface area contributed by atoms with E-state index in [2.05, 4.69) is 5.32 Å². The van der Waals surface area contributed by atoms with E-state index in [1.807, 2.05) is 37.8 Å². The molecule has 0 fully saturated rings. The molecule has 0 spiro atoms. The molecule has 1 aliphatic heterocycles. The predicted octanol–water partition coefficient (Wildman–Crippen LogP) is 2.20. The smallest absolute Gasteiger partial charge is 0.293 e. The third-order valence-corrected chi connectivity index (χ3v) is 2.97. The van der Waals surface area contributed by atoms with Crippen LogP contribution in [0.5, 0.6) is 5.75 Å². The molecule has 2 rings (SSSR count). The Morgan fingerprint density at radius 2 is 2.00 bits per heavy atom. The maximum Gasteiger partial charge on any atom is 0.293 e. The Labute approximate surface area is 95.7 Å². The molecule has 1 unspecified atom stereocenters. The molecule has 1 heterocycles. The first kappa shape index (κ1) is 11.2. The Morgan fingerprint density at radius 3 is 2.69 bits per heavy atom. The maximum absolute atomic E-state index is 11.7. The van der Waals surface area contributed by atoms with Gasteiger partial charge in [0, 0.05) is 0 Å². The van der Waals surface area contributed by atoms with Crippen molar-refractivity contribution in [3.05, 3.63) is 24.3 Å². The number of ether oxygens (including phenoxy) is 1. The van der Waals surface area contributed by atoms with Gasteiger partial charge in [-0.05, 0) is 31.8 Å². The van der Waals surface area contributed by atoms with Crippen LogP contribution < -0.4 is 10.1 Å². The third-order valence-electron chi connectivity index (χ3n) is 2.05. The van der Waals surface area contributed by atoms with Gasteiger partial charge in [0.25, 0.3) is 12.2 Å². The highest BCUT2D eigenvalue weighted by molar-refractivity contribution is 6.69. The van der Waals surface area contributed by atoms with Crippen LogP contribution in [0, 0.1) is 0 Å². The molecule has 0 saturated carbocycles. The van der Waals surface area contributed by atoms with Gasteiger partial charge < -0.3 is 14.5 Å². The second-order valence-electron chi connectivity index (χ2n) is 4.67. The number of anilines is 1. The minimum atomic E-state index is -1.79. The van der Waals surface area contributed by atoms with Gasteiger partial charge in [0.2, 0.25) is 0 Å². The van der Waals surface area contributed by atoms with Crippen LogP contribution >= 0.6 is 0 Å². The summed E-state index contributed by atoms with van der Waals surface area (Å²) in [6.45, 7) is 6.05. The van der Waals surface area contributed by atoms with Gasteiger partial charge in [-0.3, -0.25) is 4.79 Å². The van der Waals surface area contributed by atoms with Crippen LogP contribution in [0.1, 0.15) is 0 Å². The second-order valence-corrected chi connectivity index (χ2v) is 9.13. The minimum absolute atomic E-state index is 0.235. The molecule has 0 bridgehead atoms. The van der Waals surface area contributed by atoms with Gasteiger partial charge in [0.1, 0.15) is 5.75 Å². The van der Waals surface area contributed by atoms with Gasteiger partial charge in [-0.1, -0.05) is 12.1 Å². The van der Waals surface area contributed by atoms with Crippen molar-refractivity contribution in [1.82, 2.24) is 0 Å². The number of carbonyl (C=O) groups excluding carboxylic acids is 1. The van der Waals surface area contributed by atoms with Crippen LogP contribution in [-0.2, 0) is 9.22 Å². The molecule has 1 N–H and O–H groups in total. The highest BCUT2D eigenvalue weighted by Crippen LogP contribution is 2.29. The van der Waals surface area contributed by atoms with Crippen molar-refractivity contribution < 1.29 is 14.0 Å². The number of para-hydroxylation sites is 2. The highest BCUT2D eigenvalue weighted by Gasteiger charge is 2.32. The summed E-state index contributed by atoms with van der Waals surface area (Å²) >= 11 is 0. The first-order chi connectivity index (χ1) is 7.46. The number of hydrogen-bond donors (Lipinski definition) is 1. The van der Waals surface area contributed by atoms with Gasteiger partial charge in [0.15, 0.2) is 8.32 Å². The summed E-state index contributed by atoms with van der Waals surface area (Å²) in [5, 5.41) is 2.77. The summed E-state index contributed by atoms with van der Waals surface area (Å²) in [6, 6.07) is 7.33. The zero-order valence-corrected chi connectivity index (χ0v) is 10.6. The topological polar surface area (TPSA) is 47.6 Å². The quantitative estimate of drug-likeness (QED) is 0.802. The van der Waals surface area contributed by atoms with Gasteiger partial charge in [-0.2, -0.15) is 0 Å². The minimum Gasteiger partial charge on any atom is -0.454 e. The molecule has 0 aliphatic carbocycles. The largest absolute Gasteiger partial charge is 0.454 e. The Bertz CT molecular complexity index is 414. The number of fused-ring (bicyclic) bond motifs is 1. The van der Waals surface area contributed by atoms with Crippen LogP contribution in [0.2, 0.25) is 19.6 Å². The van der Waals surface area contributed by atoms with E-state index in [-0.39, 0.29) is 5.91 Å². The normalized spacial score (nSPS) is 19.7. The van der Waals surface area contributed by atoms with E-state index in [0.29, 0.717) is 11.4 Å². The van der Waals surface area contributed by atoms with Crippen LogP contribution in [0.3, 0.4) is 0 Å². The van der Waals surface area contributed by atoms with Gasteiger partial charge >= 0.3 is 0 Å². The summed E-state index contributed by atoms with van der Waals surface area (Å²) in [5.74, 6) is 0.423. The Balaban J connectivity index is 2.18. The third kappa shape index (κ3) is 2.42. The molecular formula is C11H15NO3Si. The fourth-order valence-electron chi connectivity index (χ4n) is 1.43. The fourth-order valence-corrected chi connectivity index (χ4v) is 2.23. The highest BCUT2D eigenvalue weighted by atomic mass is 28.4. The van der Waals surface area contributed by atoms with Crippen molar-refractivity contribution in [3.8, 4) is 5.75 Å². The lowest BCUT2D eigenvalue weighted by molar-refractivity contribution is -0.136. The van der Waals surface area contributed by atoms with E-state index in [0.717, 1.165) is 0 Å². The van der Waals surface area contributed by atoms with E-state index in [1.165, 1.54) is 0 Å². The lowest BCUT2D eigenvalue weighted by Crippen LogP contribution is -2.45. The van der Waals surface area contributed by atoms with E-state index >= 15 is 0 Å². The molecule has 0 saturated heterocycles.